The van der Waals surface area contributed by atoms with Crippen LogP contribution in [-0.4, -0.2) is 30.6 Å². The van der Waals surface area contributed by atoms with Gasteiger partial charge in [-0.15, -0.1) is 5.10 Å². The van der Waals surface area contributed by atoms with Gasteiger partial charge in [0.05, 0.1) is 5.69 Å². The third-order valence-corrected chi connectivity index (χ3v) is 5.04. The van der Waals surface area contributed by atoms with Gasteiger partial charge in [0, 0.05) is 23.9 Å². The Morgan fingerprint density at radius 2 is 1.85 bits per heavy atom. The average Bonchev–Trinajstić information content (AvgIpc) is 3.42. The second-order valence-corrected chi connectivity index (χ2v) is 7.26. The lowest BCUT2D eigenvalue weighted by atomic mass is 10.1. The molecule has 0 aliphatic carbocycles. The Labute approximate surface area is 160 Å². The summed E-state index contributed by atoms with van der Waals surface area (Å²) in [4.78, 5) is 22.4. The number of carbonyl (C=O) groups is 1. The van der Waals surface area contributed by atoms with Crippen LogP contribution >= 0.6 is 11.3 Å². The molecular formula is C19H18N6OS. The number of aromatic amines is 1. The number of hydrogen-bond donors (Lipinski definition) is 2. The van der Waals surface area contributed by atoms with Crippen molar-refractivity contribution in [2.45, 2.75) is 19.8 Å². The van der Waals surface area contributed by atoms with Gasteiger partial charge in [-0.05, 0) is 12.1 Å². The Morgan fingerprint density at radius 3 is 2.52 bits per heavy atom. The molecule has 2 N–H and O–H groups in total. The Kier molecular flexibility index (Phi) is 4.55. The lowest BCUT2D eigenvalue weighted by Crippen LogP contribution is -2.12. The van der Waals surface area contributed by atoms with Gasteiger partial charge in [-0.2, -0.15) is 4.98 Å². The number of aromatic nitrogens is 5. The largest absolute Gasteiger partial charge is 0.300 e. The zero-order chi connectivity index (χ0) is 18.8. The van der Waals surface area contributed by atoms with Gasteiger partial charge < -0.3 is 4.57 Å². The predicted octanol–water partition coefficient (Wildman–Crippen LogP) is 4.09. The molecule has 0 saturated carbocycles. The molecule has 0 atom stereocenters. The third kappa shape index (κ3) is 3.52. The molecular weight excluding hydrogens is 360 g/mol. The van der Waals surface area contributed by atoms with Crippen molar-refractivity contribution in [3.63, 3.8) is 0 Å². The van der Waals surface area contributed by atoms with Crippen LogP contribution in [0.2, 0.25) is 0 Å². The highest BCUT2D eigenvalue weighted by atomic mass is 32.1. The van der Waals surface area contributed by atoms with E-state index in [1.54, 1.807) is 0 Å². The molecule has 0 aliphatic heterocycles. The van der Waals surface area contributed by atoms with E-state index in [2.05, 4.69) is 20.5 Å². The van der Waals surface area contributed by atoms with Gasteiger partial charge in [0.15, 0.2) is 5.13 Å². The van der Waals surface area contributed by atoms with E-state index >= 15 is 0 Å². The van der Waals surface area contributed by atoms with Crippen LogP contribution in [0.1, 0.15) is 35.3 Å². The summed E-state index contributed by atoms with van der Waals surface area (Å²) in [5.41, 5.74) is 1.52. The van der Waals surface area contributed by atoms with Gasteiger partial charge in [-0.3, -0.25) is 15.2 Å². The smallest absolute Gasteiger partial charge is 0.270 e. The minimum absolute atomic E-state index is 0.201. The van der Waals surface area contributed by atoms with Gasteiger partial charge in [0.1, 0.15) is 10.7 Å². The Bertz CT molecular complexity index is 1050. The highest BCUT2D eigenvalue weighted by molar-refractivity contribution is 7.16. The quantitative estimate of drug-likeness (QED) is 0.547. The highest BCUT2D eigenvalue weighted by Gasteiger charge is 2.21. The van der Waals surface area contributed by atoms with E-state index in [1.165, 1.54) is 11.3 Å². The molecule has 4 aromatic rings. The zero-order valence-electron chi connectivity index (χ0n) is 14.9. The average molecular weight is 378 g/mol. The van der Waals surface area contributed by atoms with E-state index in [9.17, 15) is 4.79 Å². The summed E-state index contributed by atoms with van der Waals surface area (Å²) in [5, 5.41) is 10.4. The number of anilines is 1. The van der Waals surface area contributed by atoms with Crippen molar-refractivity contribution in [1.82, 2.24) is 24.7 Å². The van der Waals surface area contributed by atoms with Crippen molar-refractivity contribution in [2.75, 3.05) is 5.32 Å². The summed E-state index contributed by atoms with van der Waals surface area (Å²) in [6.07, 6.45) is 3.80. The van der Waals surface area contributed by atoms with Crippen LogP contribution in [-0.2, 0) is 0 Å². The molecule has 4 rings (SSSR count). The predicted molar refractivity (Wildman–Crippen MR) is 105 cm³/mol. The minimum atomic E-state index is -0.279. The van der Waals surface area contributed by atoms with Crippen molar-refractivity contribution in [3.8, 4) is 16.4 Å². The Hall–Kier alpha value is -3.26. The number of nitrogens with zero attached hydrogens (tertiary/aromatic N) is 4. The van der Waals surface area contributed by atoms with Gasteiger partial charge >= 0.3 is 0 Å². The fraction of sp³-hybridized carbons (Fsp3) is 0.158. The number of benzene rings is 1. The maximum absolute atomic E-state index is 12.9. The van der Waals surface area contributed by atoms with E-state index in [-0.39, 0.29) is 17.8 Å². The second kappa shape index (κ2) is 7.16. The van der Waals surface area contributed by atoms with Crippen LogP contribution < -0.4 is 5.32 Å². The number of rotatable bonds is 5. The first kappa shape index (κ1) is 17.2. The molecule has 1 amide bonds. The molecule has 27 heavy (non-hydrogen) atoms. The van der Waals surface area contributed by atoms with Crippen LogP contribution in [0.4, 0.5) is 5.95 Å². The van der Waals surface area contributed by atoms with Gasteiger partial charge in [-0.25, -0.2) is 4.98 Å². The molecule has 0 unspecified atom stereocenters. The van der Waals surface area contributed by atoms with Gasteiger partial charge in [0.2, 0.25) is 5.95 Å². The highest BCUT2D eigenvalue weighted by Crippen LogP contribution is 2.31. The molecule has 3 aromatic heterocycles. The minimum Gasteiger partial charge on any atom is -0.300 e. The molecule has 136 valence electrons. The molecule has 0 fully saturated rings. The maximum atomic E-state index is 12.9. The molecule has 0 bridgehead atoms. The first-order valence-electron chi connectivity index (χ1n) is 8.55. The van der Waals surface area contributed by atoms with Crippen molar-refractivity contribution in [1.29, 1.82) is 0 Å². The van der Waals surface area contributed by atoms with Crippen molar-refractivity contribution < 1.29 is 4.79 Å². The third-order valence-electron chi connectivity index (χ3n) is 3.97. The monoisotopic (exact) mass is 378 g/mol. The first-order valence-corrected chi connectivity index (χ1v) is 9.36. The molecule has 0 saturated heterocycles. The van der Waals surface area contributed by atoms with E-state index in [0.717, 1.165) is 16.5 Å². The Morgan fingerprint density at radius 1 is 1.11 bits per heavy atom. The summed E-state index contributed by atoms with van der Waals surface area (Å²) < 4.78 is 1.89. The SMILES string of the molecule is CC(C)c1nc(NC(=O)c2sc(-n3cccc3)nc2-c2ccccc2)n[nH]1. The standard InChI is InChI=1S/C19H18N6OS/c1-12(2)16-21-18(24-23-16)22-17(26)15-14(13-8-4-3-5-9-13)20-19(27-15)25-10-6-7-11-25/h3-12H,1-2H3,(H2,21,22,23,24,26). The normalized spacial score (nSPS) is 11.1. The number of carbonyl (C=O) groups excluding carboxylic acids is 1. The summed E-state index contributed by atoms with van der Waals surface area (Å²) in [6, 6.07) is 13.5. The van der Waals surface area contributed by atoms with Crippen LogP contribution in [0.5, 0.6) is 0 Å². The van der Waals surface area contributed by atoms with Gasteiger partial charge in [-0.1, -0.05) is 55.5 Å². The number of amides is 1. The van der Waals surface area contributed by atoms with E-state index in [0.29, 0.717) is 10.6 Å². The number of nitrogens with one attached hydrogen (secondary N) is 2. The maximum Gasteiger partial charge on any atom is 0.270 e. The van der Waals surface area contributed by atoms with Crippen LogP contribution in [0.25, 0.3) is 16.4 Å². The fourth-order valence-electron chi connectivity index (χ4n) is 2.57. The topological polar surface area (TPSA) is 88.5 Å². The molecule has 0 spiro atoms. The van der Waals surface area contributed by atoms with E-state index < -0.39 is 0 Å². The molecule has 0 aliphatic rings. The zero-order valence-corrected chi connectivity index (χ0v) is 15.7. The summed E-state index contributed by atoms with van der Waals surface area (Å²) >= 11 is 1.33. The van der Waals surface area contributed by atoms with Crippen molar-refractivity contribution in [3.05, 3.63) is 65.6 Å². The van der Waals surface area contributed by atoms with Crippen molar-refractivity contribution in [2.24, 2.45) is 0 Å². The molecule has 0 radical (unpaired) electrons. The van der Waals surface area contributed by atoms with Crippen LogP contribution in [0.3, 0.4) is 0 Å². The second-order valence-electron chi connectivity index (χ2n) is 6.28. The fourth-order valence-corrected chi connectivity index (χ4v) is 3.52. The lowest BCUT2D eigenvalue weighted by molar-refractivity contribution is 0.103. The van der Waals surface area contributed by atoms with Crippen LogP contribution in [0, 0.1) is 0 Å². The molecule has 1 aromatic carbocycles. The summed E-state index contributed by atoms with van der Waals surface area (Å²) in [7, 11) is 0. The molecule has 8 heteroatoms. The number of H-pyrrole nitrogens is 1. The Balaban J connectivity index is 1.70. The lowest BCUT2D eigenvalue weighted by Gasteiger charge is -2.02. The first-order chi connectivity index (χ1) is 13.1. The van der Waals surface area contributed by atoms with Gasteiger partial charge in [0.25, 0.3) is 5.91 Å². The number of thiazole rings is 1. The summed E-state index contributed by atoms with van der Waals surface area (Å²) in [5.74, 6) is 0.912. The van der Waals surface area contributed by atoms with E-state index in [1.807, 2.05) is 73.3 Å². The van der Waals surface area contributed by atoms with Crippen LogP contribution in [0.15, 0.2) is 54.9 Å². The number of hydrogen-bond acceptors (Lipinski definition) is 5. The van der Waals surface area contributed by atoms with E-state index in [4.69, 9.17) is 4.98 Å². The summed E-state index contributed by atoms with van der Waals surface area (Å²) in [6.45, 7) is 4.01. The van der Waals surface area contributed by atoms with Crippen molar-refractivity contribution >= 4 is 23.2 Å². The molecule has 3 heterocycles. The molecule has 7 nitrogen and oxygen atoms in total.